The second-order valence-corrected chi connectivity index (χ2v) is 3.62. The molecule has 0 radical (unpaired) electrons. The zero-order chi connectivity index (χ0) is 12.3. The predicted molar refractivity (Wildman–Crippen MR) is 57.6 cm³/mol. The van der Waals surface area contributed by atoms with E-state index in [2.05, 4.69) is 4.98 Å². The van der Waals surface area contributed by atoms with Crippen LogP contribution in [-0.2, 0) is 16.0 Å². The van der Waals surface area contributed by atoms with Gasteiger partial charge in [0, 0.05) is 19.0 Å². The lowest BCUT2D eigenvalue weighted by Gasteiger charge is -2.03. The van der Waals surface area contributed by atoms with Crippen LogP contribution >= 0.6 is 0 Å². The Morgan fingerprint density at radius 1 is 1.38 bits per heavy atom. The van der Waals surface area contributed by atoms with Gasteiger partial charge < -0.3 is 14.8 Å². The van der Waals surface area contributed by atoms with Crippen molar-refractivity contribution >= 4 is 11.9 Å². The Morgan fingerprint density at radius 2 is 2.00 bits per heavy atom. The summed E-state index contributed by atoms with van der Waals surface area (Å²) in [6.07, 6.45) is 0.529. The first kappa shape index (κ1) is 12.3. The Morgan fingerprint density at radius 3 is 2.44 bits per heavy atom. The van der Waals surface area contributed by atoms with Crippen LogP contribution in [0.5, 0.6) is 0 Å². The first-order chi connectivity index (χ1) is 7.43. The first-order valence-electron chi connectivity index (χ1n) is 4.98. The molecular weight excluding hydrogens is 210 g/mol. The van der Waals surface area contributed by atoms with Gasteiger partial charge in [0.1, 0.15) is 5.69 Å². The molecule has 5 nitrogen and oxygen atoms in total. The summed E-state index contributed by atoms with van der Waals surface area (Å²) in [6, 6.07) is 0. The van der Waals surface area contributed by atoms with E-state index in [1.54, 1.807) is 6.92 Å². The molecule has 0 saturated carbocycles. The lowest BCUT2D eigenvalue weighted by molar-refractivity contribution is -0.140. The molecule has 16 heavy (non-hydrogen) atoms. The molecule has 0 aromatic carbocycles. The maximum absolute atomic E-state index is 10.9. The summed E-state index contributed by atoms with van der Waals surface area (Å²) in [4.78, 5) is 24.3. The summed E-state index contributed by atoms with van der Waals surface area (Å²) < 4.78 is 4.83. The highest BCUT2D eigenvalue weighted by molar-refractivity contribution is 5.88. The number of hydrogen-bond acceptors (Lipinski definition) is 3. The van der Waals surface area contributed by atoms with E-state index in [0.717, 1.165) is 11.3 Å². The van der Waals surface area contributed by atoms with E-state index >= 15 is 0 Å². The molecule has 0 spiro atoms. The van der Waals surface area contributed by atoms with Crippen LogP contribution in [0.4, 0.5) is 0 Å². The number of rotatable bonds is 4. The van der Waals surface area contributed by atoms with E-state index < -0.39 is 5.97 Å². The fourth-order valence-corrected chi connectivity index (χ4v) is 1.67. The SMILES string of the molecule is CC(=O)OCCc1c(C)[nH]c(C(=O)O)c1C. The number of aryl methyl sites for hydroxylation is 1. The van der Waals surface area contributed by atoms with E-state index in [0.29, 0.717) is 12.0 Å². The van der Waals surface area contributed by atoms with Crippen LogP contribution in [0.3, 0.4) is 0 Å². The smallest absolute Gasteiger partial charge is 0.352 e. The summed E-state index contributed by atoms with van der Waals surface area (Å²) in [7, 11) is 0. The molecule has 1 aromatic heterocycles. The number of carbonyl (C=O) groups excluding carboxylic acids is 1. The van der Waals surface area contributed by atoms with Crippen molar-refractivity contribution in [3.63, 3.8) is 0 Å². The van der Waals surface area contributed by atoms with E-state index in [9.17, 15) is 9.59 Å². The Hall–Kier alpha value is -1.78. The van der Waals surface area contributed by atoms with Crippen LogP contribution < -0.4 is 0 Å². The number of carboxylic acid groups (broad SMARTS) is 1. The van der Waals surface area contributed by atoms with Crippen LogP contribution in [0.2, 0.25) is 0 Å². The fourth-order valence-electron chi connectivity index (χ4n) is 1.67. The molecule has 0 aliphatic carbocycles. The quantitative estimate of drug-likeness (QED) is 0.760. The first-order valence-corrected chi connectivity index (χ1v) is 4.98. The van der Waals surface area contributed by atoms with Gasteiger partial charge in [-0.25, -0.2) is 4.79 Å². The molecule has 0 unspecified atom stereocenters. The van der Waals surface area contributed by atoms with Gasteiger partial charge in [-0.3, -0.25) is 4.79 Å². The van der Waals surface area contributed by atoms with Crippen molar-refractivity contribution < 1.29 is 19.4 Å². The molecular formula is C11H15NO4. The molecule has 2 N–H and O–H groups in total. The lowest BCUT2D eigenvalue weighted by atomic mass is 10.1. The zero-order valence-corrected chi connectivity index (χ0v) is 9.59. The zero-order valence-electron chi connectivity index (χ0n) is 9.59. The van der Waals surface area contributed by atoms with Crippen LogP contribution in [0.25, 0.3) is 0 Å². The van der Waals surface area contributed by atoms with Gasteiger partial charge in [0.15, 0.2) is 0 Å². The van der Waals surface area contributed by atoms with Crippen molar-refractivity contribution in [2.24, 2.45) is 0 Å². The Balaban J connectivity index is 2.80. The second-order valence-electron chi connectivity index (χ2n) is 3.62. The largest absolute Gasteiger partial charge is 0.477 e. The maximum atomic E-state index is 10.9. The maximum Gasteiger partial charge on any atom is 0.352 e. The number of hydrogen-bond donors (Lipinski definition) is 2. The van der Waals surface area contributed by atoms with E-state index in [1.807, 2.05) is 6.92 Å². The van der Waals surface area contributed by atoms with E-state index in [1.165, 1.54) is 6.92 Å². The van der Waals surface area contributed by atoms with Crippen molar-refractivity contribution in [1.82, 2.24) is 4.98 Å². The highest BCUT2D eigenvalue weighted by Gasteiger charge is 2.16. The van der Waals surface area contributed by atoms with Crippen molar-refractivity contribution in [3.05, 3.63) is 22.5 Å². The number of carbonyl (C=O) groups is 2. The Kier molecular flexibility index (Phi) is 3.71. The monoisotopic (exact) mass is 225 g/mol. The van der Waals surface area contributed by atoms with E-state index in [4.69, 9.17) is 9.84 Å². The minimum atomic E-state index is -0.973. The van der Waals surface area contributed by atoms with E-state index in [-0.39, 0.29) is 18.3 Å². The van der Waals surface area contributed by atoms with Gasteiger partial charge in [-0.1, -0.05) is 0 Å². The van der Waals surface area contributed by atoms with Gasteiger partial charge >= 0.3 is 11.9 Å². The summed E-state index contributed by atoms with van der Waals surface area (Å²) in [6.45, 7) is 5.17. The number of aromatic amines is 1. The molecule has 1 aromatic rings. The third kappa shape index (κ3) is 2.62. The molecule has 0 aliphatic rings. The minimum Gasteiger partial charge on any atom is -0.477 e. The molecule has 0 bridgehead atoms. The second kappa shape index (κ2) is 4.83. The van der Waals surface area contributed by atoms with Crippen LogP contribution in [-0.4, -0.2) is 28.6 Å². The number of nitrogens with one attached hydrogen (secondary N) is 1. The average molecular weight is 225 g/mol. The number of ether oxygens (including phenoxy) is 1. The van der Waals surface area contributed by atoms with Gasteiger partial charge in [-0.15, -0.1) is 0 Å². The van der Waals surface area contributed by atoms with Crippen LogP contribution in [0, 0.1) is 13.8 Å². The Bertz CT molecular complexity index is 420. The number of H-pyrrole nitrogens is 1. The third-order valence-electron chi connectivity index (χ3n) is 2.46. The van der Waals surface area contributed by atoms with Crippen LogP contribution in [0.1, 0.15) is 34.2 Å². The molecule has 0 fully saturated rings. The molecule has 0 amide bonds. The molecule has 88 valence electrons. The number of aromatic nitrogens is 1. The van der Waals surface area contributed by atoms with Crippen molar-refractivity contribution in [1.29, 1.82) is 0 Å². The number of esters is 1. The summed E-state index contributed by atoms with van der Waals surface area (Å²) in [5.41, 5.74) is 2.62. The molecule has 0 atom stereocenters. The molecule has 5 heteroatoms. The highest BCUT2D eigenvalue weighted by Crippen LogP contribution is 2.18. The van der Waals surface area contributed by atoms with Crippen molar-refractivity contribution in [3.8, 4) is 0 Å². The van der Waals surface area contributed by atoms with Gasteiger partial charge in [0.25, 0.3) is 0 Å². The van der Waals surface area contributed by atoms with Gasteiger partial charge in [-0.2, -0.15) is 0 Å². The minimum absolute atomic E-state index is 0.204. The molecule has 1 rings (SSSR count). The standard InChI is InChI=1S/C11H15NO4/c1-6-9(4-5-16-8(3)13)7(2)12-10(6)11(14)15/h12H,4-5H2,1-3H3,(H,14,15). The predicted octanol–water partition coefficient (Wildman–Crippen LogP) is 1.44. The van der Waals surface area contributed by atoms with Crippen molar-refractivity contribution in [2.45, 2.75) is 27.2 Å². The van der Waals surface area contributed by atoms with Gasteiger partial charge in [0.05, 0.1) is 6.61 Å². The average Bonchev–Trinajstić information content (AvgIpc) is 2.44. The van der Waals surface area contributed by atoms with Gasteiger partial charge in [0.2, 0.25) is 0 Å². The summed E-state index contributed by atoms with van der Waals surface area (Å²) >= 11 is 0. The summed E-state index contributed by atoms with van der Waals surface area (Å²) in [5.74, 6) is -1.30. The molecule has 0 aliphatic heterocycles. The number of carboxylic acids is 1. The normalized spacial score (nSPS) is 10.2. The topological polar surface area (TPSA) is 79.4 Å². The summed E-state index contributed by atoms with van der Waals surface area (Å²) in [5, 5.41) is 8.90. The van der Waals surface area contributed by atoms with Crippen molar-refractivity contribution in [2.75, 3.05) is 6.61 Å². The molecule has 1 heterocycles. The number of aromatic carboxylic acids is 1. The molecule has 0 saturated heterocycles. The lowest BCUT2D eigenvalue weighted by Crippen LogP contribution is -2.04. The fraction of sp³-hybridized carbons (Fsp3) is 0.455. The van der Waals surface area contributed by atoms with Crippen LogP contribution in [0.15, 0.2) is 0 Å². The third-order valence-corrected chi connectivity index (χ3v) is 2.46. The highest BCUT2D eigenvalue weighted by atomic mass is 16.5. The Labute approximate surface area is 93.4 Å². The van der Waals surface area contributed by atoms with Gasteiger partial charge in [-0.05, 0) is 25.0 Å².